The monoisotopic (exact) mass is 372 g/mol. The van der Waals surface area contributed by atoms with E-state index in [1.165, 1.54) is 14.2 Å². The molecule has 0 N–H and O–H groups in total. The number of halogens is 2. The fourth-order valence-electron chi connectivity index (χ4n) is 2.15. The Labute approximate surface area is 150 Å². The predicted octanol–water partition coefficient (Wildman–Crippen LogP) is 3.14. The lowest BCUT2D eigenvalue weighted by Gasteiger charge is -2.22. The number of ether oxygens (including phenoxy) is 3. The van der Waals surface area contributed by atoms with Gasteiger partial charge >= 0.3 is 5.97 Å². The maximum Gasteiger partial charge on any atom is 0.338 e. The number of nitrogens with zero attached hydrogens (tertiary/aromatic N) is 2. The summed E-state index contributed by atoms with van der Waals surface area (Å²) in [6.07, 6.45) is 3.62. The molecule has 0 saturated carbocycles. The first-order valence-corrected chi connectivity index (χ1v) is 7.93. The van der Waals surface area contributed by atoms with E-state index in [1.807, 2.05) is 0 Å². The second-order valence-electron chi connectivity index (χ2n) is 5.03. The second kappa shape index (κ2) is 9.03. The van der Waals surface area contributed by atoms with Crippen molar-refractivity contribution in [2.75, 3.05) is 20.8 Å². The first kappa shape index (κ1) is 18.7. The molecule has 1 aromatic carbocycles. The molecule has 0 aliphatic heterocycles. The van der Waals surface area contributed by atoms with E-state index < -0.39 is 18.2 Å². The third-order valence-corrected chi connectivity index (χ3v) is 3.93. The van der Waals surface area contributed by atoms with Gasteiger partial charge < -0.3 is 18.8 Å². The van der Waals surface area contributed by atoms with Gasteiger partial charge in [-0.05, 0) is 12.1 Å². The van der Waals surface area contributed by atoms with Crippen molar-refractivity contribution < 1.29 is 19.0 Å². The van der Waals surface area contributed by atoms with Crippen molar-refractivity contribution in [3.8, 4) is 0 Å². The van der Waals surface area contributed by atoms with E-state index >= 15 is 0 Å². The van der Waals surface area contributed by atoms with E-state index in [0.717, 1.165) is 0 Å². The Kier molecular flexibility index (Phi) is 7.05. The van der Waals surface area contributed by atoms with Gasteiger partial charge in [0.1, 0.15) is 6.10 Å². The summed E-state index contributed by atoms with van der Waals surface area (Å²) < 4.78 is 17.5. The number of benzene rings is 1. The third kappa shape index (κ3) is 4.95. The Morgan fingerprint density at radius 3 is 2.71 bits per heavy atom. The Morgan fingerprint density at radius 2 is 2.12 bits per heavy atom. The van der Waals surface area contributed by atoms with Crippen molar-refractivity contribution in [1.82, 2.24) is 9.55 Å². The van der Waals surface area contributed by atoms with Crippen LogP contribution in [0.15, 0.2) is 36.9 Å². The minimum absolute atomic E-state index is 0.0987. The fraction of sp³-hybridized carbons (Fsp3) is 0.375. The molecule has 2 rings (SSSR count). The molecule has 6 nitrogen and oxygen atoms in total. The maximum absolute atomic E-state index is 12.3. The third-order valence-electron chi connectivity index (χ3n) is 3.37. The highest BCUT2D eigenvalue weighted by molar-refractivity contribution is 6.35. The predicted molar refractivity (Wildman–Crippen MR) is 90.2 cm³/mol. The number of carbonyl (C=O) groups is 1. The van der Waals surface area contributed by atoms with Crippen molar-refractivity contribution >= 4 is 29.2 Å². The van der Waals surface area contributed by atoms with Crippen molar-refractivity contribution in [2.24, 2.45) is 0 Å². The fourth-order valence-corrected chi connectivity index (χ4v) is 2.68. The summed E-state index contributed by atoms with van der Waals surface area (Å²) >= 11 is 12.2. The summed E-state index contributed by atoms with van der Waals surface area (Å²) in [6.45, 7) is 0.456. The number of esters is 1. The molecule has 0 amide bonds. The van der Waals surface area contributed by atoms with Crippen LogP contribution in [-0.2, 0) is 25.5 Å². The van der Waals surface area contributed by atoms with E-state index in [4.69, 9.17) is 37.4 Å². The summed E-state index contributed by atoms with van der Waals surface area (Å²) in [5.74, 6) is -0.532. The van der Waals surface area contributed by atoms with Crippen LogP contribution in [0.25, 0.3) is 0 Å². The molecule has 0 bridgehead atoms. The number of carbonyl (C=O) groups excluding carboxylic acids is 1. The lowest BCUT2D eigenvalue weighted by Crippen LogP contribution is -2.31. The van der Waals surface area contributed by atoms with E-state index in [0.29, 0.717) is 22.2 Å². The van der Waals surface area contributed by atoms with Gasteiger partial charge in [0.05, 0.1) is 19.5 Å². The average Bonchev–Trinajstić information content (AvgIpc) is 3.05. The first-order valence-electron chi connectivity index (χ1n) is 7.18. The summed E-state index contributed by atoms with van der Waals surface area (Å²) in [5.41, 5.74) is 0.649. The lowest BCUT2D eigenvalue weighted by atomic mass is 10.1. The molecule has 8 heteroatoms. The average molecular weight is 373 g/mol. The Hall–Kier alpha value is -1.60. The molecule has 130 valence electrons. The zero-order chi connectivity index (χ0) is 17.5. The number of hydrogen-bond donors (Lipinski definition) is 0. The molecular formula is C16H18Cl2N2O4. The molecule has 2 aromatic rings. The van der Waals surface area contributed by atoms with Gasteiger partial charge in [0.15, 0.2) is 6.10 Å². The highest BCUT2D eigenvalue weighted by atomic mass is 35.5. The minimum atomic E-state index is -0.814. The van der Waals surface area contributed by atoms with Crippen molar-refractivity contribution in [3.63, 3.8) is 0 Å². The maximum atomic E-state index is 12.3. The molecule has 2 unspecified atom stereocenters. The van der Waals surface area contributed by atoms with Gasteiger partial charge in [0.2, 0.25) is 0 Å². The van der Waals surface area contributed by atoms with E-state index in [2.05, 4.69) is 4.98 Å². The molecule has 0 aliphatic carbocycles. The van der Waals surface area contributed by atoms with Gasteiger partial charge in [-0.1, -0.05) is 29.3 Å². The van der Waals surface area contributed by atoms with Crippen LogP contribution in [0, 0.1) is 0 Å². The number of aromatic nitrogens is 2. The zero-order valence-corrected chi connectivity index (χ0v) is 14.8. The van der Waals surface area contributed by atoms with Gasteiger partial charge in [0.25, 0.3) is 0 Å². The molecule has 1 heterocycles. The van der Waals surface area contributed by atoms with E-state index in [9.17, 15) is 4.79 Å². The van der Waals surface area contributed by atoms with Gasteiger partial charge in [-0.25, -0.2) is 9.78 Å². The van der Waals surface area contributed by atoms with Crippen LogP contribution >= 0.6 is 23.2 Å². The zero-order valence-electron chi connectivity index (χ0n) is 13.3. The Bertz CT molecular complexity index is 664. The molecule has 0 spiro atoms. The van der Waals surface area contributed by atoms with Gasteiger partial charge in [0, 0.05) is 42.2 Å². The molecule has 0 fully saturated rings. The number of hydrogen-bond acceptors (Lipinski definition) is 5. The lowest BCUT2D eigenvalue weighted by molar-refractivity contribution is -0.165. The molecule has 0 aliphatic rings. The van der Waals surface area contributed by atoms with Crippen LogP contribution in [0.1, 0.15) is 11.7 Å². The van der Waals surface area contributed by atoms with Crippen LogP contribution in [0.3, 0.4) is 0 Å². The molecular weight excluding hydrogens is 355 g/mol. The van der Waals surface area contributed by atoms with Crippen molar-refractivity contribution in [1.29, 1.82) is 0 Å². The topological polar surface area (TPSA) is 62.6 Å². The normalized spacial score (nSPS) is 13.5. The summed E-state index contributed by atoms with van der Waals surface area (Å²) in [7, 11) is 2.91. The van der Waals surface area contributed by atoms with Crippen LogP contribution < -0.4 is 0 Å². The quantitative estimate of drug-likeness (QED) is 0.666. The molecule has 1 aromatic heterocycles. The Balaban J connectivity index is 2.24. The van der Waals surface area contributed by atoms with Gasteiger partial charge in [-0.3, -0.25) is 0 Å². The Morgan fingerprint density at radius 1 is 1.33 bits per heavy atom. The van der Waals surface area contributed by atoms with Crippen LogP contribution in [0.5, 0.6) is 0 Å². The molecule has 0 saturated heterocycles. The largest absolute Gasteiger partial charge is 0.454 e. The second-order valence-corrected chi connectivity index (χ2v) is 5.87. The SMILES string of the molecule is COCC(OC)C(=O)OC(Cn1ccnc1)c1ccc(Cl)cc1Cl. The van der Waals surface area contributed by atoms with Crippen molar-refractivity contribution in [3.05, 3.63) is 52.5 Å². The van der Waals surface area contributed by atoms with E-state index in [-0.39, 0.29) is 6.61 Å². The molecule has 0 radical (unpaired) electrons. The van der Waals surface area contributed by atoms with Crippen molar-refractivity contribution in [2.45, 2.75) is 18.8 Å². The highest BCUT2D eigenvalue weighted by Gasteiger charge is 2.26. The number of rotatable bonds is 8. The minimum Gasteiger partial charge on any atom is -0.454 e. The first-order chi connectivity index (χ1) is 11.5. The summed E-state index contributed by atoms with van der Waals surface area (Å²) in [4.78, 5) is 16.3. The molecule has 2 atom stereocenters. The smallest absolute Gasteiger partial charge is 0.338 e. The highest BCUT2D eigenvalue weighted by Crippen LogP contribution is 2.30. The van der Waals surface area contributed by atoms with E-state index in [1.54, 1.807) is 41.5 Å². The van der Waals surface area contributed by atoms with Gasteiger partial charge in [-0.15, -0.1) is 0 Å². The van der Waals surface area contributed by atoms with Crippen LogP contribution in [0.4, 0.5) is 0 Å². The molecule has 24 heavy (non-hydrogen) atoms. The number of imidazole rings is 1. The standard InChI is InChI=1S/C16H18Cl2N2O4/c1-22-9-15(23-2)16(21)24-14(8-20-6-5-19-10-20)12-4-3-11(17)7-13(12)18/h3-7,10,14-15H,8-9H2,1-2H3. The van der Waals surface area contributed by atoms with Crippen LogP contribution in [0.2, 0.25) is 10.0 Å². The summed E-state index contributed by atoms with van der Waals surface area (Å²) in [6, 6.07) is 5.04. The summed E-state index contributed by atoms with van der Waals surface area (Å²) in [5, 5.41) is 0.923. The van der Waals surface area contributed by atoms with Crippen LogP contribution in [-0.4, -0.2) is 42.5 Å². The van der Waals surface area contributed by atoms with Gasteiger partial charge in [-0.2, -0.15) is 0 Å². The number of methoxy groups -OCH3 is 2.